The minimum Gasteiger partial charge on any atom is -0.373 e. The Hall–Kier alpha value is -1.63. The summed E-state index contributed by atoms with van der Waals surface area (Å²) in [6.45, 7) is 1.79. The minimum atomic E-state index is -0.0957. The average Bonchev–Trinajstić information content (AvgIpc) is 3.10. The average molecular weight is 355 g/mol. The SMILES string of the molecule is O=C(c1cn[nH]n1)N1CCC(OCc2ccc(Cl)c(Cl)c2)CC1. The molecule has 8 heteroatoms. The smallest absolute Gasteiger partial charge is 0.276 e. The molecule has 6 nitrogen and oxygen atoms in total. The number of nitrogens with zero attached hydrogens (tertiary/aromatic N) is 3. The molecule has 0 unspecified atom stereocenters. The van der Waals surface area contributed by atoms with Crippen LogP contribution in [0, 0.1) is 0 Å². The second-order valence-corrected chi connectivity index (χ2v) is 6.22. The number of carbonyl (C=O) groups excluding carboxylic acids is 1. The predicted molar refractivity (Wildman–Crippen MR) is 86.6 cm³/mol. The van der Waals surface area contributed by atoms with E-state index in [1.807, 2.05) is 12.1 Å². The van der Waals surface area contributed by atoms with Crippen LogP contribution < -0.4 is 0 Å². The lowest BCUT2D eigenvalue weighted by Crippen LogP contribution is -2.41. The number of carbonyl (C=O) groups is 1. The van der Waals surface area contributed by atoms with Crippen LogP contribution in [0.15, 0.2) is 24.4 Å². The molecule has 1 aliphatic rings. The fourth-order valence-corrected chi connectivity index (χ4v) is 2.86. The monoisotopic (exact) mass is 354 g/mol. The second kappa shape index (κ2) is 7.29. The molecule has 1 aromatic heterocycles. The van der Waals surface area contributed by atoms with Gasteiger partial charge in [0.1, 0.15) is 0 Å². The summed E-state index contributed by atoms with van der Waals surface area (Å²) >= 11 is 11.9. The van der Waals surface area contributed by atoms with Gasteiger partial charge in [0.05, 0.1) is 29.0 Å². The van der Waals surface area contributed by atoms with Crippen molar-refractivity contribution in [2.24, 2.45) is 0 Å². The molecule has 2 aromatic rings. The van der Waals surface area contributed by atoms with Crippen LogP contribution in [-0.4, -0.2) is 45.4 Å². The highest BCUT2D eigenvalue weighted by atomic mass is 35.5. The Labute approximate surface area is 143 Å². The zero-order valence-corrected chi connectivity index (χ0v) is 13.8. The number of hydrogen-bond donors (Lipinski definition) is 1. The Morgan fingerprint density at radius 3 is 2.74 bits per heavy atom. The first-order chi connectivity index (χ1) is 11.1. The summed E-state index contributed by atoms with van der Waals surface area (Å²) in [6.07, 6.45) is 3.16. The molecule has 1 aromatic carbocycles. The summed E-state index contributed by atoms with van der Waals surface area (Å²) in [5.41, 5.74) is 1.33. The summed E-state index contributed by atoms with van der Waals surface area (Å²) in [5, 5.41) is 11.0. The quantitative estimate of drug-likeness (QED) is 0.916. The van der Waals surface area contributed by atoms with Crippen molar-refractivity contribution in [3.63, 3.8) is 0 Å². The van der Waals surface area contributed by atoms with Gasteiger partial charge in [-0.1, -0.05) is 29.3 Å². The Kier molecular flexibility index (Phi) is 5.15. The van der Waals surface area contributed by atoms with Crippen molar-refractivity contribution in [3.05, 3.63) is 45.7 Å². The van der Waals surface area contributed by atoms with Crippen molar-refractivity contribution in [1.82, 2.24) is 20.3 Å². The number of rotatable bonds is 4. The minimum absolute atomic E-state index is 0.0957. The fraction of sp³-hybridized carbons (Fsp3) is 0.400. The van der Waals surface area contributed by atoms with Gasteiger partial charge in [-0.3, -0.25) is 4.79 Å². The fourth-order valence-electron chi connectivity index (χ4n) is 2.54. The number of likely N-dealkylation sites (tertiary alicyclic amines) is 1. The number of hydrogen-bond acceptors (Lipinski definition) is 4. The standard InChI is InChI=1S/C15H16Cl2N4O2/c16-12-2-1-10(7-13(12)17)9-23-11-3-5-21(6-4-11)15(22)14-8-18-20-19-14/h1-2,7-8,11H,3-6,9H2,(H,18,19,20). The predicted octanol–water partition coefficient (Wildman–Crippen LogP) is 2.93. The first-order valence-electron chi connectivity index (χ1n) is 7.34. The molecule has 1 N–H and O–H groups in total. The van der Waals surface area contributed by atoms with Crippen LogP contribution in [0.5, 0.6) is 0 Å². The molecule has 1 saturated heterocycles. The maximum absolute atomic E-state index is 12.2. The molecule has 1 amide bonds. The van der Waals surface area contributed by atoms with Gasteiger partial charge in [-0.2, -0.15) is 15.4 Å². The second-order valence-electron chi connectivity index (χ2n) is 5.41. The molecule has 1 aliphatic heterocycles. The normalized spacial score (nSPS) is 15.8. The molecule has 0 saturated carbocycles. The lowest BCUT2D eigenvalue weighted by molar-refractivity contribution is -0.000507. The highest BCUT2D eigenvalue weighted by Crippen LogP contribution is 2.24. The van der Waals surface area contributed by atoms with Crippen LogP contribution >= 0.6 is 23.2 Å². The summed E-state index contributed by atoms with van der Waals surface area (Å²) in [6, 6.07) is 5.48. The third-order valence-electron chi connectivity index (χ3n) is 3.83. The number of amides is 1. The van der Waals surface area contributed by atoms with Crippen LogP contribution in [-0.2, 0) is 11.3 Å². The molecular formula is C15H16Cl2N4O2. The Bertz CT molecular complexity index is 670. The zero-order chi connectivity index (χ0) is 16.2. The number of aromatic amines is 1. The van der Waals surface area contributed by atoms with Gasteiger partial charge in [0.2, 0.25) is 0 Å². The van der Waals surface area contributed by atoms with Crippen molar-refractivity contribution in [1.29, 1.82) is 0 Å². The van der Waals surface area contributed by atoms with E-state index in [9.17, 15) is 4.79 Å². The van der Waals surface area contributed by atoms with Crippen molar-refractivity contribution < 1.29 is 9.53 Å². The van der Waals surface area contributed by atoms with Crippen LogP contribution in [0.4, 0.5) is 0 Å². The topological polar surface area (TPSA) is 71.1 Å². The van der Waals surface area contributed by atoms with E-state index in [1.54, 1.807) is 11.0 Å². The van der Waals surface area contributed by atoms with Crippen LogP contribution in [0.3, 0.4) is 0 Å². The third kappa shape index (κ3) is 4.02. The van der Waals surface area contributed by atoms with E-state index in [0.29, 0.717) is 35.4 Å². The lowest BCUT2D eigenvalue weighted by Gasteiger charge is -2.31. The molecule has 2 heterocycles. The van der Waals surface area contributed by atoms with Gasteiger partial charge >= 0.3 is 0 Å². The molecule has 0 radical (unpaired) electrons. The van der Waals surface area contributed by atoms with Crippen molar-refractivity contribution >= 4 is 29.1 Å². The highest BCUT2D eigenvalue weighted by Gasteiger charge is 2.25. The number of benzene rings is 1. The summed E-state index contributed by atoms with van der Waals surface area (Å²) < 4.78 is 5.91. The van der Waals surface area contributed by atoms with Gasteiger partial charge in [-0.25, -0.2) is 0 Å². The van der Waals surface area contributed by atoms with E-state index in [4.69, 9.17) is 27.9 Å². The van der Waals surface area contributed by atoms with Crippen LogP contribution in [0.25, 0.3) is 0 Å². The Balaban J connectivity index is 1.47. The van der Waals surface area contributed by atoms with Gasteiger partial charge in [-0.05, 0) is 30.5 Å². The van der Waals surface area contributed by atoms with Gasteiger partial charge in [-0.15, -0.1) is 0 Å². The van der Waals surface area contributed by atoms with Crippen molar-refractivity contribution in [2.75, 3.05) is 13.1 Å². The zero-order valence-electron chi connectivity index (χ0n) is 12.3. The van der Waals surface area contributed by atoms with Gasteiger partial charge in [0.15, 0.2) is 5.69 Å². The largest absolute Gasteiger partial charge is 0.373 e. The maximum atomic E-state index is 12.2. The molecular weight excluding hydrogens is 339 g/mol. The summed E-state index contributed by atoms with van der Waals surface area (Å²) in [7, 11) is 0. The highest BCUT2D eigenvalue weighted by molar-refractivity contribution is 6.42. The van der Waals surface area contributed by atoms with E-state index in [1.165, 1.54) is 6.20 Å². The van der Waals surface area contributed by atoms with E-state index >= 15 is 0 Å². The maximum Gasteiger partial charge on any atom is 0.276 e. The van der Waals surface area contributed by atoms with E-state index in [0.717, 1.165) is 18.4 Å². The number of piperidine rings is 1. The molecule has 0 aliphatic carbocycles. The van der Waals surface area contributed by atoms with Crippen molar-refractivity contribution in [3.8, 4) is 0 Å². The molecule has 23 heavy (non-hydrogen) atoms. The number of aromatic nitrogens is 3. The molecule has 0 atom stereocenters. The van der Waals surface area contributed by atoms with Gasteiger partial charge in [0, 0.05) is 13.1 Å². The molecule has 0 spiro atoms. The Morgan fingerprint density at radius 2 is 2.09 bits per heavy atom. The first kappa shape index (κ1) is 16.2. The lowest BCUT2D eigenvalue weighted by atomic mass is 10.1. The summed E-state index contributed by atoms with van der Waals surface area (Å²) in [5.74, 6) is -0.0957. The van der Waals surface area contributed by atoms with Gasteiger partial charge < -0.3 is 9.64 Å². The van der Waals surface area contributed by atoms with E-state index in [2.05, 4.69) is 15.4 Å². The Morgan fingerprint density at radius 1 is 1.30 bits per heavy atom. The van der Waals surface area contributed by atoms with E-state index in [-0.39, 0.29) is 12.0 Å². The molecule has 122 valence electrons. The van der Waals surface area contributed by atoms with E-state index < -0.39 is 0 Å². The number of H-pyrrole nitrogens is 1. The number of ether oxygens (including phenoxy) is 1. The van der Waals surface area contributed by atoms with Crippen molar-refractivity contribution in [2.45, 2.75) is 25.6 Å². The third-order valence-corrected chi connectivity index (χ3v) is 4.57. The molecule has 3 rings (SSSR count). The first-order valence-corrected chi connectivity index (χ1v) is 8.09. The molecule has 1 fully saturated rings. The van der Waals surface area contributed by atoms with Crippen LogP contribution in [0.1, 0.15) is 28.9 Å². The number of halogens is 2. The molecule has 0 bridgehead atoms. The van der Waals surface area contributed by atoms with Crippen LogP contribution in [0.2, 0.25) is 10.0 Å². The summed E-state index contributed by atoms with van der Waals surface area (Å²) in [4.78, 5) is 13.9. The number of nitrogens with one attached hydrogen (secondary N) is 1. The van der Waals surface area contributed by atoms with Gasteiger partial charge in [0.25, 0.3) is 5.91 Å².